The lowest BCUT2D eigenvalue weighted by atomic mass is 10.1. The number of hydrogen-bond acceptors (Lipinski definition) is 6. The molecule has 0 aliphatic carbocycles. The third-order valence-electron chi connectivity index (χ3n) is 1.72. The first-order valence-corrected chi connectivity index (χ1v) is 5.96. The van der Waals surface area contributed by atoms with Crippen LogP contribution in [0, 0.1) is 5.92 Å². The van der Waals surface area contributed by atoms with Crippen LogP contribution in [-0.4, -0.2) is 48.1 Å². The highest BCUT2D eigenvalue weighted by atomic mass is 16.5. The third-order valence-corrected chi connectivity index (χ3v) is 1.72. The number of rotatable bonds is 6. The van der Waals surface area contributed by atoms with Crippen molar-refractivity contribution in [2.24, 2.45) is 5.92 Å². The summed E-state index contributed by atoms with van der Waals surface area (Å²) in [6.45, 7) is 7.41. The Balaban J connectivity index is 0. The Morgan fingerprint density at radius 2 is 1.72 bits per heavy atom. The molecule has 0 aromatic heterocycles. The molecule has 0 rings (SSSR count). The second-order valence-electron chi connectivity index (χ2n) is 3.99. The number of hydrogen-bond donors (Lipinski definition) is 2. The van der Waals surface area contributed by atoms with E-state index in [2.05, 4.69) is 18.6 Å². The predicted octanol–water partition coefficient (Wildman–Crippen LogP) is 0.498. The van der Waals surface area contributed by atoms with E-state index in [-0.39, 0.29) is 0 Å². The average molecular weight is 264 g/mol. The lowest BCUT2D eigenvalue weighted by molar-refractivity contribution is -0.152. The molecular weight excluding hydrogens is 240 g/mol. The summed E-state index contributed by atoms with van der Waals surface area (Å²) in [6.07, 6.45) is -0.152. The number of carbonyl (C=O) groups is 2. The zero-order valence-corrected chi connectivity index (χ0v) is 11.5. The molecule has 0 spiro atoms. The van der Waals surface area contributed by atoms with Crippen LogP contribution in [0.3, 0.4) is 0 Å². The molecular formula is C12H24O6. The van der Waals surface area contributed by atoms with Crippen LogP contribution in [0.15, 0.2) is 0 Å². The summed E-state index contributed by atoms with van der Waals surface area (Å²) >= 11 is 0. The zero-order valence-electron chi connectivity index (χ0n) is 11.5. The van der Waals surface area contributed by atoms with Gasteiger partial charge in [0.05, 0.1) is 13.2 Å². The summed E-state index contributed by atoms with van der Waals surface area (Å²) in [7, 11) is 0. The maximum atomic E-state index is 10.7. The van der Waals surface area contributed by atoms with Gasteiger partial charge in [-0.2, -0.15) is 0 Å². The molecule has 0 fully saturated rings. The summed E-state index contributed by atoms with van der Waals surface area (Å²) in [4.78, 5) is 20.6. The maximum Gasteiger partial charge on any atom is 0.334 e. The fraction of sp³-hybridized carbons (Fsp3) is 0.833. The second kappa shape index (κ2) is 12.3. The molecule has 0 aliphatic heterocycles. The number of ether oxygens (including phenoxy) is 2. The number of carbonyl (C=O) groups excluding carboxylic acids is 2. The van der Waals surface area contributed by atoms with E-state index >= 15 is 0 Å². The first kappa shape index (κ1) is 19.2. The van der Waals surface area contributed by atoms with Crippen LogP contribution in [0.25, 0.3) is 0 Å². The topological polar surface area (TPSA) is 93.1 Å². The van der Waals surface area contributed by atoms with Crippen molar-refractivity contribution in [2.45, 2.75) is 40.2 Å². The smallest absolute Gasteiger partial charge is 0.334 e. The molecule has 18 heavy (non-hydrogen) atoms. The minimum Gasteiger partial charge on any atom is -0.464 e. The molecule has 2 N–H and O–H groups in total. The molecule has 1 atom stereocenters. The van der Waals surface area contributed by atoms with Crippen molar-refractivity contribution in [1.29, 1.82) is 0 Å². The second-order valence-corrected chi connectivity index (χ2v) is 3.99. The molecule has 0 saturated carbocycles. The zero-order chi connectivity index (χ0) is 14.6. The van der Waals surface area contributed by atoms with E-state index in [1.807, 2.05) is 0 Å². The molecule has 6 nitrogen and oxygen atoms in total. The highest BCUT2D eigenvalue weighted by molar-refractivity contribution is 5.73. The van der Waals surface area contributed by atoms with Crippen molar-refractivity contribution in [3.8, 4) is 0 Å². The molecule has 108 valence electrons. The molecule has 0 aromatic rings. The van der Waals surface area contributed by atoms with E-state index in [1.165, 1.54) is 6.92 Å². The molecule has 0 radical (unpaired) electrons. The average Bonchev–Trinajstić information content (AvgIpc) is 2.29. The summed E-state index contributed by atoms with van der Waals surface area (Å²) in [5, 5.41) is 16.7. The Bertz CT molecular complexity index is 225. The van der Waals surface area contributed by atoms with Crippen LogP contribution >= 0.6 is 0 Å². The summed E-state index contributed by atoms with van der Waals surface area (Å²) < 4.78 is 9.03. The first-order chi connectivity index (χ1) is 8.34. The van der Waals surface area contributed by atoms with Gasteiger partial charge in [-0.05, 0) is 26.2 Å². The molecule has 0 heterocycles. The van der Waals surface area contributed by atoms with Crippen molar-refractivity contribution in [1.82, 2.24) is 0 Å². The van der Waals surface area contributed by atoms with E-state index in [0.717, 1.165) is 6.42 Å². The Hall–Kier alpha value is -1.14. The van der Waals surface area contributed by atoms with Gasteiger partial charge < -0.3 is 19.7 Å². The van der Waals surface area contributed by atoms with E-state index < -0.39 is 24.6 Å². The summed E-state index contributed by atoms with van der Waals surface area (Å²) in [5.41, 5.74) is 0. The van der Waals surface area contributed by atoms with Gasteiger partial charge in [0.1, 0.15) is 12.7 Å². The number of esters is 2. The van der Waals surface area contributed by atoms with Gasteiger partial charge in [0.25, 0.3) is 0 Å². The van der Waals surface area contributed by atoms with Crippen LogP contribution in [0.5, 0.6) is 0 Å². The van der Waals surface area contributed by atoms with Gasteiger partial charge in [-0.15, -0.1) is 0 Å². The Kier molecular flexibility index (Phi) is 13.1. The van der Waals surface area contributed by atoms with Crippen LogP contribution in [0.4, 0.5) is 0 Å². The molecule has 0 amide bonds. The molecule has 0 bridgehead atoms. The standard InChI is InChI=1S/C8H16O3.C4H8O3/c1-6(2)4-5-11-8(10)7(3)9;1-2-7-4(6)3-5/h6-7,9H,4-5H2,1-3H3;5H,2-3H2,1H3. The molecule has 0 aromatic carbocycles. The first-order valence-electron chi connectivity index (χ1n) is 5.96. The van der Waals surface area contributed by atoms with Gasteiger partial charge in [-0.25, -0.2) is 9.59 Å². The predicted molar refractivity (Wildman–Crippen MR) is 65.8 cm³/mol. The summed E-state index contributed by atoms with van der Waals surface area (Å²) in [6, 6.07) is 0. The monoisotopic (exact) mass is 264 g/mol. The molecule has 6 heteroatoms. The minimum absolute atomic E-state index is 0.333. The van der Waals surface area contributed by atoms with Gasteiger partial charge in [0.15, 0.2) is 0 Å². The van der Waals surface area contributed by atoms with Crippen molar-refractivity contribution in [2.75, 3.05) is 19.8 Å². The van der Waals surface area contributed by atoms with Gasteiger partial charge in [-0.3, -0.25) is 0 Å². The normalized spacial score (nSPS) is 11.3. The van der Waals surface area contributed by atoms with E-state index in [4.69, 9.17) is 14.9 Å². The Labute approximate surface area is 108 Å². The largest absolute Gasteiger partial charge is 0.464 e. The SMILES string of the molecule is CC(C)CCOC(=O)C(C)O.CCOC(=O)CO. The molecule has 1 unspecified atom stereocenters. The van der Waals surface area contributed by atoms with E-state index in [1.54, 1.807) is 6.92 Å². The van der Waals surface area contributed by atoms with E-state index in [0.29, 0.717) is 19.1 Å². The van der Waals surface area contributed by atoms with Crippen LogP contribution in [0.2, 0.25) is 0 Å². The van der Waals surface area contributed by atoms with Gasteiger partial charge in [0, 0.05) is 0 Å². The highest BCUT2D eigenvalue weighted by Crippen LogP contribution is 1.99. The highest BCUT2D eigenvalue weighted by Gasteiger charge is 2.09. The lowest BCUT2D eigenvalue weighted by Gasteiger charge is -2.07. The summed E-state index contributed by atoms with van der Waals surface area (Å²) in [5.74, 6) is -0.579. The molecule has 0 aliphatic rings. The Morgan fingerprint density at radius 3 is 2.00 bits per heavy atom. The minimum atomic E-state index is -0.998. The van der Waals surface area contributed by atoms with Crippen LogP contribution < -0.4 is 0 Å². The van der Waals surface area contributed by atoms with Crippen molar-refractivity contribution >= 4 is 11.9 Å². The van der Waals surface area contributed by atoms with Crippen molar-refractivity contribution < 1.29 is 29.3 Å². The molecule has 0 saturated heterocycles. The number of aliphatic hydroxyl groups excluding tert-OH is 2. The van der Waals surface area contributed by atoms with Gasteiger partial charge >= 0.3 is 11.9 Å². The fourth-order valence-electron chi connectivity index (χ4n) is 0.722. The van der Waals surface area contributed by atoms with Gasteiger partial charge in [0.2, 0.25) is 0 Å². The van der Waals surface area contributed by atoms with Gasteiger partial charge in [-0.1, -0.05) is 13.8 Å². The Morgan fingerprint density at radius 1 is 1.17 bits per heavy atom. The van der Waals surface area contributed by atoms with E-state index in [9.17, 15) is 9.59 Å². The lowest BCUT2D eigenvalue weighted by Crippen LogP contribution is -2.20. The van der Waals surface area contributed by atoms with Crippen LogP contribution in [-0.2, 0) is 19.1 Å². The number of aliphatic hydroxyl groups is 2. The van der Waals surface area contributed by atoms with Crippen molar-refractivity contribution in [3.63, 3.8) is 0 Å². The quantitative estimate of drug-likeness (QED) is 0.678. The van der Waals surface area contributed by atoms with Crippen molar-refractivity contribution in [3.05, 3.63) is 0 Å². The third kappa shape index (κ3) is 14.9. The van der Waals surface area contributed by atoms with Crippen LogP contribution in [0.1, 0.15) is 34.1 Å². The maximum absolute atomic E-state index is 10.7. The fourth-order valence-corrected chi connectivity index (χ4v) is 0.722.